The quantitative estimate of drug-likeness (QED) is 0.707. The average molecular weight is 468 g/mol. The largest absolute Gasteiger partial charge is 0.379 e. The van der Waals surface area contributed by atoms with Crippen LogP contribution in [0.2, 0.25) is 0 Å². The van der Waals surface area contributed by atoms with Gasteiger partial charge in [-0.3, -0.25) is 14.5 Å². The van der Waals surface area contributed by atoms with E-state index in [0.29, 0.717) is 18.9 Å². The molecule has 1 unspecified atom stereocenters. The van der Waals surface area contributed by atoms with Gasteiger partial charge in [0, 0.05) is 32.2 Å². The third kappa shape index (κ3) is 4.45. The van der Waals surface area contributed by atoms with Crippen LogP contribution in [0.1, 0.15) is 56.6 Å². The third-order valence-corrected chi connectivity index (χ3v) is 7.95. The smallest absolute Gasteiger partial charge is 0.290 e. The van der Waals surface area contributed by atoms with Gasteiger partial charge >= 0.3 is 0 Å². The minimum Gasteiger partial charge on any atom is -0.379 e. The molecule has 0 bridgehead atoms. The van der Waals surface area contributed by atoms with Crippen LogP contribution >= 0.6 is 0 Å². The average Bonchev–Trinajstić information content (AvgIpc) is 3.22. The molecule has 184 valence electrons. The second-order valence-electron chi connectivity index (χ2n) is 10.5. The lowest BCUT2D eigenvalue weighted by Gasteiger charge is -2.44. The highest BCUT2D eigenvalue weighted by atomic mass is 16.5. The van der Waals surface area contributed by atoms with Crippen molar-refractivity contribution in [1.82, 2.24) is 24.7 Å². The number of amides is 2. The van der Waals surface area contributed by atoms with Crippen molar-refractivity contribution in [2.75, 3.05) is 39.4 Å². The molecular formula is C26H37N5O3. The lowest BCUT2D eigenvalue weighted by atomic mass is 9.86. The molecule has 0 radical (unpaired) electrons. The van der Waals surface area contributed by atoms with Gasteiger partial charge in [0.1, 0.15) is 5.54 Å². The third-order valence-electron chi connectivity index (χ3n) is 7.95. The van der Waals surface area contributed by atoms with E-state index < -0.39 is 5.54 Å². The molecule has 1 atom stereocenters. The molecule has 2 amide bonds. The van der Waals surface area contributed by atoms with Gasteiger partial charge in [0.2, 0.25) is 5.91 Å². The first-order chi connectivity index (χ1) is 16.5. The Balaban J connectivity index is 1.39. The number of rotatable bonds is 6. The molecule has 2 aromatic rings. The summed E-state index contributed by atoms with van der Waals surface area (Å²) >= 11 is 0. The van der Waals surface area contributed by atoms with Crippen molar-refractivity contribution in [3.05, 3.63) is 30.1 Å². The molecule has 1 aromatic heterocycles. The van der Waals surface area contributed by atoms with Crippen LogP contribution in [0.15, 0.2) is 24.3 Å². The number of para-hydroxylation sites is 2. The van der Waals surface area contributed by atoms with Gasteiger partial charge in [0.15, 0.2) is 5.82 Å². The fraction of sp³-hybridized carbons (Fsp3) is 0.654. The Bertz CT molecular complexity index is 1040. The molecule has 1 aliphatic carbocycles. The van der Waals surface area contributed by atoms with Gasteiger partial charge in [0.25, 0.3) is 5.91 Å². The molecule has 3 aliphatic rings. The van der Waals surface area contributed by atoms with E-state index in [2.05, 4.69) is 22.1 Å². The van der Waals surface area contributed by atoms with Crippen molar-refractivity contribution in [3.63, 3.8) is 0 Å². The Morgan fingerprint density at radius 1 is 1.15 bits per heavy atom. The second kappa shape index (κ2) is 9.66. The first-order valence-corrected chi connectivity index (χ1v) is 12.8. The van der Waals surface area contributed by atoms with E-state index in [1.807, 2.05) is 35.8 Å². The fourth-order valence-electron chi connectivity index (χ4n) is 5.70. The van der Waals surface area contributed by atoms with Crippen molar-refractivity contribution in [2.24, 2.45) is 5.92 Å². The van der Waals surface area contributed by atoms with Crippen molar-refractivity contribution in [3.8, 4) is 0 Å². The summed E-state index contributed by atoms with van der Waals surface area (Å²) in [5.74, 6) is 0.954. The first kappa shape index (κ1) is 23.3. The number of morpholine rings is 1. The SMILES string of the molecule is CC1CCC(NC(=O)C2(C)Cn3c(nc4ccccc43)C(=O)N2CCCN2CCOCC2)CC1. The molecule has 3 heterocycles. The molecule has 5 rings (SSSR count). The maximum Gasteiger partial charge on any atom is 0.290 e. The number of nitrogens with one attached hydrogen (secondary N) is 1. The Kier molecular flexibility index (Phi) is 6.62. The van der Waals surface area contributed by atoms with Crippen LogP contribution in [0.5, 0.6) is 0 Å². The monoisotopic (exact) mass is 467 g/mol. The number of aromatic nitrogens is 2. The lowest BCUT2D eigenvalue weighted by molar-refractivity contribution is -0.134. The predicted molar refractivity (Wildman–Crippen MR) is 131 cm³/mol. The number of ether oxygens (including phenoxy) is 1. The van der Waals surface area contributed by atoms with E-state index in [1.54, 1.807) is 4.90 Å². The van der Waals surface area contributed by atoms with Gasteiger partial charge in [-0.25, -0.2) is 4.98 Å². The van der Waals surface area contributed by atoms with E-state index >= 15 is 0 Å². The van der Waals surface area contributed by atoms with E-state index in [9.17, 15) is 9.59 Å². The molecule has 2 aliphatic heterocycles. The molecule has 0 spiro atoms. The van der Waals surface area contributed by atoms with Crippen LogP contribution in [-0.4, -0.2) is 82.1 Å². The molecule has 1 aromatic carbocycles. The maximum absolute atomic E-state index is 13.8. The van der Waals surface area contributed by atoms with Gasteiger partial charge in [-0.05, 0) is 57.1 Å². The molecule has 34 heavy (non-hydrogen) atoms. The predicted octanol–water partition coefficient (Wildman–Crippen LogP) is 2.67. The fourth-order valence-corrected chi connectivity index (χ4v) is 5.70. The van der Waals surface area contributed by atoms with Crippen molar-refractivity contribution >= 4 is 22.8 Å². The van der Waals surface area contributed by atoms with Crippen molar-refractivity contribution in [2.45, 2.75) is 64.1 Å². The van der Waals surface area contributed by atoms with E-state index in [1.165, 1.54) is 0 Å². The maximum atomic E-state index is 13.8. The van der Waals surface area contributed by atoms with Crippen LogP contribution in [0.4, 0.5) is 0 Å². The summed E-state index contributed by atoms with van der Waals surface area (Å²) in [5.41, 5.74) is 0.746. The highest BCUT2D eigenvalue weighted by Crippen LogP contribution is 2.32. The summed E-state index contributed by atoms with van der Waals surface area (Å²) in [5, 5.41) is 3.32. The van der Waals surface area contributed by atoms with Gasteiger partial charge in [-0.2, -0.15) is 0 Å². The zero-order valence-electron chi connectivity index (χ0n) is 20.5. The topological polar surface area (TPSA) is 79.7 Å². The summed E-state index contributed by atoms with van der Waals surface area (Å²) in [6, 6.07) is 7.98. The molecular weight excluding hydrogens is 430 g/mol. The number of fused-ring (bicyclic) bond motifs is 3. The van der Waals surface area contributed by atoms with Gasteiger partial charge in [-0.15, -0.1) is 0 Å². The van der Waals surface area contributed by atoms with Gasteiger partial charge in [0.05, 0.1) is 30.8 Å². The number of imidazole rings is 1. The van der Waals surface area contributed by atoms with Crippen molar-refractivity contribution in [1.29, 1.82) is 0 Å². The number of hydrogen-bond acceptors (Lipinski definition) is 5. The minimum absolute atomic E-state index is 0.0461. The number of benzene rings is 1. The van der Waals surface area contributed by atoms with Crippen LogP contribution in [0.3, 0.4) is 0 Å². The highest BCUT2D eigenvalue weighted by Gasteiger charge is 2.48. The van der Waals surface area contributed by atoms with Crippen LogP contribution < -0.4 is 5.32 Å². The molecule has 1 N–H and O–H groups in total. The van der Waals surface area contributed by atoms with E-state index in [-0.39, 0.29) is 17.9 Å². The Morgan fingerprint density at radius 2 is 1.88 bits per heavy atom. The molecule has 2 fully saturated rings. The van der Waals surface area contributed by atoms with E-state index in [4.69, 9.17) is 4.74 Å². The zero-order chi connectivity index (χ0) is 23.7. The molecule has 1 saturated carbocycles. The molecule has 8 heteroatoms. The summed E-state index contributed by atoms with van der Waals surface area (Å²) < 4.78 is 7.40. The number of nitrogens with zero attached hydrogens (tertiary/aromatic N) is 4. The summed E-state index contributed by atoms with van der Waals surface area (Å²) in [4.78, 5) is 36.3. The Morgan fingerprint density at radius 3 is 2.65 bits per heavy atom. The van der Waals surface area contributed by atoms with Gasteiger partial charge in [-0.1, -0.05) is 19.1 Å². The number of hydrogen-bond donors (Lipinski definition) is 1. The standard InChI is InChI=1S/C26H37N5O3/c1-19-8-10-20(11-9-19)27-25(33)26(2)18-30-22-7-4-3-6-21(22)28-23(30)24(32)31(26)13-5-12-29-14-16-34-17-15-29/h3-4,6-7,19-20H,5,8-18H2,1-2H3,(H,27,33). The normalized spacial score (nSPS) is 28.2. The zero-order valence-corrected chi connectivity index (χ0v) is 20.5. The van der Waals surface area contributed by atoms with E-state index in [0.717, 1.165) is 81.9 Å². The summed E-state index contributed by atoms with van der Waals surface area (Å²) in [6.45, 7) is 9.40. The number of carbonyl (C=O) groups excluding carboxylic acids is 2. The lowest BCUT2D eigenvalue weighted by Crippen LogP contribution is -2.65. The van der Waals surface area contributed by atoms with Crippen LogP contribution in [0.25, 0.3) is 11.0 Å². The number of carbonyl (C=O) groups is 2. The van der Waals surface area contributed by atoms with Crippen LogP contribution in [-0.2, 0) is 16.1 Å². The van der Waals surface area contributed by atoms with Gasteiger partial charge < -0.3 is 19.5 Å². The highest BCUT2D eigenvalue weighted by molar-refractivity contribution is 6.01. The Labute approximate surface area is 201 Å². The Hall–Kier alpha value is -2.45. The van der Waals surface area contributed by atoms with Crippen molar-refractivity contribution < 1.29 is 14.3 Å². The molecule has 1 saturated heterocycles. The minimum atomic E-state index is -0.957. The summed E-state index contributed by atoms with van der Waals surface area (Å²) in [7, 11) is 0. The second-order valence-corrected chi connectivity index (χ2v) is 10.5. The summed E-state index contributed by atoms with van der Waals surface area (Å²) in [6.07, 6.45) is 5.11. The van der Waals surface area contributed by atoms with Crippen LogP contribution in [0, 0.1) is 5.92 Å². The first-order valence-electron chi connectivity index (χ1n) is 12.8. The molecule has 8 nitrogen and oxygen atoms in total.